The van der Waals surface area contributed by atoms with E-state index in [0.717, 1.165) is 50.0 Å². The van der Waals surface area contributed by atoms with Gasteiger partial charge in [-0.15, -0.1) is 0 Å². The molecule has 6 heteroatoms. The summed E-state index contributed by atoms with van der Waals surface area (Å²) >= 11 is 0. The van der Waals surface area contributed by atoms with E-state index in [0.29, 0.717) is 0 Å². The molecule has 0 aromatic carbocycles. The number of hydrogen-bond acceptors (Lipinski definition) is 5. The molecule has 120 valence electrons. The highest BCUT2D eigenvalue weighted by atomic mass is 16.5. The Hall–Kier alpha value is -1.50. The standard InChI is InChI=1S/C16H25N5O/c1-12-7-13(2)21-9-14(18-16(21)17-12)8-20-5-6-22-15(11-20)10-19(3)4/h7,9,15H,5-6,8,10-11H2,1-4H3/t15-/m1/s1. The normalized spacial score (nSPS) is 20.1. The summed E-state index contributed by atoms with van der Waals surface area (Å²) in [6, 6.07) is 2.08. The minimum Gasteiger partial charge on any atom is -0.374 e. The van der Waals surface area contributed by atoms with E-state index in [1.807, 2.05) is 6.92 Å². The quantitative estimate of drug-likeness (QED) is 0.847. The van der Waals surface area contributed by atoms with Crippen molar-refractivity contribution in [3.05, 3.63) is 29.3 Å². The van der Waals surface area contributed by atoms with Crippen molar-refractivity contribution < 1.29 is 4.74 Å². The lowest BCUT2D eigenvalue weighted by atomic mass is 10.2. The molecule has 3 rings (SSSR count). The Kier molecular flexibility index (Phi) is 4.42. The second kappa shape index (κ2) is 6.32. The number of imidazole rings is 1. The zero-order valence-corrected chi connectivity index (χ0v) is 13.9. The number of morpholine rings is 1. The minimum atomic E-state index is 0.280. The molecule has 0 aliphatic carbocycles. The van der Waals surface area contributed by atoms with Gasteiger partial charge in [-0.3, -0.25) is 9.30 Å². The summed E-state index contributed by atoms with van der Waals surface area (Å²) in [7, 11) is 4.17. The van der Waals surface area contributed by atoms with Crippen molar-refractivity contribution in [2.24, 2.45) is 0 Å². The van der Waals surface area contributed by atoms with E-state index in [1.54, 1.807) is 0 Å². The second-order valence-electron chi connectivity index (χ2n) is 6.43. The summed E-state index contributed by atoms with van der Waals surface area (Å²) < 4.78 is 7.90. The Balaban J connectivity index is 1.71. The van der Waals surface area contributed by atoms with E-state index < -0.39 is 0 Å². The molecular weight excluding hydrogens is 278 g/mol. The first-order chi connectivity index (χ1) is 10.5. The second-order valence-corrected chi connectivity index (χ2v) is 6.43. The van der Waals surface area contributed by atoms with Crippen LogP contribution in [0.4, 0.5) is 0 Å². The van der Waals surface area contributed by atoms with E-state index in [9.17, 15) is 0 Å². The van der Waals surface area contributed by atoms with Gasteiger partial charge in [-0.1, -0.05) is 0 Å². The van der Waals surface area contributed by atoms with Crippen LogP contribution in [0.15, 0.2) is 12.3 Å². The van der Waals surface area contributed by atoms with Crippen LogP contribution in [0, 0.1) is 13.8 Å². The van der Waals surface area contributed by atoms with Gasteiger partial charge in [0.25, 0.3) is 0 Å². The van der Waals surface area contributed by atoms with Crippen LogP contribution < -0.4 is 0 Å². The Morgan fingerprint density at radius 3 is 2.91 bits per heavy atom. The third-order valence-corrected chi connectivity index (χ3v) is 3.99. The lowest BCUT2D eigenvalue weighted by molar-refractivity contribution is -0.0409. The highest BCUT2D eigenvalue weighted by Gasteiger charge is 2.21. The zero-order chi connectivity index (χ0) is 15.7. The summed E-state index contributed by atoms with van der Waals surface area (Å²) in [4.78, 5) is 13.8. The fraction of sp³-hybridized carbons (Fsp3) is 0.625. The Morgan fingerprint density at radius 1 is 1.32 bits per heavy atom. The van der Waals surface area contributed by atoms with Gasteiger partial charge in [0.1, 0.15) is 0 Å². The predicted molar refractivity (Wildman–Crippen MR) is 86.0 cm³/mol. The number of aryl methyl sites for hydroxylation is 2. The van der Waals surface area contributed by atoms with Crippen molar-refractivity contribution in [3.63, 3.8) is 0 Å². The maximum absolute atomic E-state index is 5.83. The topological polar surface area (TPSA) is 45.9 Å². The number of fused-ring (bicyclic) bond motifs is 1. The molecule has 3 heterocycles. The van der Waals surface area contributed by atoms with Gasteiger partial charge >= 0.3 is 0 Å². The predicted octanol–water partition coefficient (Wildman–Crippen LogP) is 1.11. The van der Waals surface area contributed by atoms with E-state index >= 15 is 0 Å². The Morgan fingerprint density at radius 2 is 2.14 bits per heavy atom. The summed E-state index contributed by atoms with van der Waals surface area (Å²) in [6.07, 6.45) is 2.39. The van der Waals surface area contributed by atoms with E-state index in [-0.39, 0.29) is 6.10 Å². The van der Waals surface area contributed by atoms with Crippen LogP contribution >= 0.6 is 0 Å². The lowest BCUT2D eigenvalue weighted by Gasteiger charge is -2.33. The molecule has 1 atom stereocenters. The van der Waals surface area contributed by atoms with Crippen molar-refractivity contribution in [3.8, 4) is 0 Å². The van der Waals surface area contributed by atoms with Gasteiger partial charge in [-0.2, -0.15) is 0 Å². The average Bonchev–Trinajstić information content (AvgIpc) is 2.81. The summed E-state index contributed by atoms with van der Waals surface area (Å²) in [5.74, 6) is 0.797. The molecule has 1 saturated heterocycles. The molecular formula is C16H25N5O. The summed E-state index contributed by atoms with van der Waals surface area (Å²) in [5, 5.41) is 0. The van der Waals surface area contributed by atoms with Crippen molar-refractivity contribution in [1.82, 2.24) is 24.2 Å². The molecule has 0 spiro atoms. The largest absolute Gasteiger partial charge is 0.374 e. The molecule has 0 saturated carbocycles. The number of hydrogen-bond donors (Lipinski definition) is 0. The van der Waals surface area contributed by atoms with E-state index in [1.165, 1.54) is 5.69 Å². The summed E-state index contributed by atoms with van der Waals surface area (Å²) in [5.41, 5.74) is 3.26. The highest BCUT2D eigenvalue weighted by Crippen LogP contribution is 2.13. The lowest BCUT2D eigenvalue weighted by Crippen LogP contribution is -2.46. The molecule has 0 radical (unpaired) electrons. The molecule has 2 aromatic heterocycles. The van der Waals surface area contributed by atoms with Crippen LogP contribution in [0.1, 0.15) is 17.1 Å². The highest BCUT2D eigenvalue weighted by molar-refractivity contribution is 5.34. The van der Waals surface area contributed by atoms with Crippen LogP contribution in [0.25, 0.3) is 5.78 Å². The van der Waals surface area contributed by atoms with Gasteiger partial charge in [0.05, 0.1) is 18.4 Å². The van der Waals surface area contributed by atoms with Crippen LogP contribution in [0.3, 0.4) is 0 Å². The number of ether oxygens (including phenoxy) is 1. The molecule has 1 fully saturated rings. The van der Waals surface area contributed by atoms with Crippen molar-refractivity contribution in [2.45, 2.75) is 26.5 Å². The molecule has 2 aromatic rings. The first-order valence-electron chi connectivity index (χ1n) is 7.82. The van der Waals surface area contributed by atoms with Crippen LogP contribution in [0.2, 0.25) is 0 Å². The Labute approximate surface area is 131 Å². The first-order valence-corrected chi connectivity index (χ1v) is 7.82. The van der Waals surface area contributed by atoms with Gasteiger partial charge < -0.3 is 9.64 Å². The third kappa shape index (κ3) is 3.45. The van der Waals surface area contributed by atoms with Gasteiger partial charge in [0.2, 0.25) is 5.78 Å². The number of aromatic nitrogens is 3. The van der Waals surface area contributed by atoms with Gasteiger partial charge in [-0.05, 0) is 34.0 Å². The van der Waals surface area contributed by atoms with Gasteiger partial charge in [0.15, 0.2) is 0 Å². The fourth-order valence-corrected chi connectivity index (χ4v) is 3.07. The third-order valence-electron chi connectivity index (χ3n) is 3.99. The molecule has 0 unspecified atom stereocenters. The molecule has 6 nitrogen and oxygen atoms in total. The van der Waals surface area contributed by atoms with E-state index in [2.05, 4.69) is 57.5 Å². The van der Waals surface area contributed by atoms with Crippen LogP contribution in [0.5, 0.6) is 0 Å². The minimum absolute atomic E-state index is 0.280. The van der Waals surface area contributed by atoms with Crippen LogP contribution in [-0.2, 0) is 11.3 Å². The van der Waals surface area contributed by atoms with Crippen molar-refractivity contribution in [2.75, 3.05) is 40.3 Å². The summed E-state index contributed by atoms with van der Waals surface area (Å²) in [6.45, 7) is 8.63. The monoisotopic (exact) mass is 303 g/mol. The molecule has 1 aliphatic rings. The molecule has 0 amide bonds. The SMILES string of the molecule is Cc1cc(C)n2cc(CN3CCO[C@H](CN(C)C)C3)nc2n1. The maximum atomic E-state index is 5.83. The van der Waals surface area contributed by atoms with E-state index in [4.69, 9.17) is 4.74 Å². The van der Waals surface area contributed by atoms with Gasteiger partial charge in [0, 0.05) is 43.8 Å². The zero-order valence-electron chi connectivity index (χ0n) is 13.9. The van der Waals surface area contributed by atoms with Crippen molar-refractivity contribution >= 4 is 5.78 Å². The fourth-order valence-electron chi connectivity index (χ4n) is 3.07. The molecule has 0 N–H and O–H groups in total. The van der Waals surface area contributed by atoms with Crippen LogP contribution in [-0.4, -0.2) is 70.6 Å². The van der Waals surface area contributed by atoms with Gasteiger partial charge in [-0.25, -0.2) is 9.97 Å². The first kappa shape index (κ1) is 15.4. The number of rotatable bonds is 4. The van der Waals surface area contributed by atoms with Crippen molar-refractivity contribution in [1.29, 1.82) is 0 Å². The maximum Gasteiger partial charge on any atom is 0.234 e. The molecule has 0 bridgehead atoms. The number of nitrogens with zero attached hydrogens (tertiary/aromatic N) is 5. The Bertz CT molecular complexity index is 651. The average molecular weight is 303 g/mol. The molecule has 22 heavy (non-hydrogen) atoms. The molecule has 1 aliphatic heterocycles. The smallest absolute Gasteiger partial charge is 0.234 e. The number of likely N-dealkylation sites (N-methyl/N-ethyl adjacent to an activating group) is 1.